The molecule has 0 atom stereocenters. The first-order valence-electron chi connectivity index (χ1n) is 6.42. The van der Waals surface area contributed by atoms with Crippen LogP contribution in [-0.4, -0.2) is 9.55 Å². The second kappa shape index (κ2) is 4.73. The Hall–Kier alpha value is -2.35. The molecule has 3 aromatic rings. The molecule has 0 fully saturated rings. The van der Waals surface area contributed by atoms with Crippen LogP contribution in [-0.2, 0) is 0 Å². The second-order valence-corrected chi connectivity index (χ2v) is 4.76. The van der Waals surface area contributed by atoms with Crippen LogP contribution in [0.1, 0.15) is 11.3 Å². The molecule has 0 spiro atoms. The summed E-state index contributed by atoms with van der Waals surface area (Å²) in [4.78, 5) is 4.57. The highest BCUT2D eigenvalue weighted by atomic mass is 15.1. The van der Waals surface area contributed by atoms with Crippen molar-refractivity contribution in [3.8, 4) is 17.1 Å². The van der Waals surface area contributed by atoms with E-state index in [0.717, 1.165) is 22.8 Å². The first-order chi connectivity index (χ1) is 9.25. The van der Waals surface area contributed by atoms with Crippen molar-refractivity contribution in [1.82, 2.24) is 9.55 Å². The van der Waals surface area contributed by atoms with E-state index in [1.54, 1.807) is 0 Å². The van der Waals surface area contributed by atoms with Gasteiger partial charge in [-0.15, -0.1) is 0 Å². The molecule has 2 nitrogen and oxygen atoms in total. The molecule has 94 valence electrons. The van der Waals surface area contributed by atoms with Gasteiger partial charge >= 0.3 is 0 Å². The minimum Gasteiger partial charge on any atom is -0.297 e. The molecule has 1 aromatic heterocycles. The standard InChI is InChI=1S/C17H16N2/c1-13-7-6-8-15(11-13)17-18-12-14(2)19(17)16-9-4-3-5-10-16/h3-12H,1-2H3. The van der Waals surface area contributed by atoms with Gasteiger partial charge in [-0.1, -0.05) is 42.0 Å². The monoisotopic (exact) mass is 248 g/mol. The summed E-state index contributed by atoms with van der Waals surface area (Å²) in [5, 5.41) is 0. The number of hydrogen-bond acceptors (Lipinski definition) is 1. The Morgan fingerprint density at radius 1 is 0.895 bits per heavy atom. The lowest BCUT2D eigenvalue weighted by Crippen LogP contribution is -1.99. The molecule has 0 bridgehead atoms. The molecule has 2 heteroatoms. The lowest BCUT2D eigenvalue weighted by Gasteiger charge is -2.10. The van der Waals surface area contributed by atoms with Crippen LogP contribution in [0.15, 0.2) is 60.8 Å². The van der Waals surface area contributed by atoms with E-state index in [4.69, 9.17) is 0 Å². The van der Waals surface area contributed by atoms with Crippen LogP contribution < -0.4 is 0 Å². The molecule has 0 N–H and O–H groups in total. The molecule has 0 unspecified atom stereocenters. The summed E-state index contributed by atoms with van der Waals surface area (Å²) in [6.45, 7) is 4.19. The first-order valence-corrected chi connectivity index (χ1v) is 6.42. The van der Waals surface area contributed by atoms with E-state index in [2.05, 4.69) is 71.9 Å². The minimum atomic E-state index is 0.993. The van der Waals surface area contributed by atoms with Gasteiger partial charge in [0.05, 0.1) is 0 Å². The van der Waals surface area contributed by atoms with Gasteiger partial charge in [-0.25, -0.2) is 4.98 Å². The zero-order chi connectivity index (χ0) is 13.2. The predicted molar refractivity (Wildman–Crippen MR) is 78.5 cm³/mol. The zero-order valence-electron chi connectivity index (χ0n) is 11.2. The molecule has 3 rings (SSSR count). The van der Waals surface area contributed by atoms with Gasteiger partial charge in [0.2, 0.25) is 0 Å². The molecular weight excluding hydrogens is 232 g/mol. The summed E-state index contributed by atoms with van der Waals surface area (Å²) in [6, 6.07) is 18.8. The number of para-hydroxylation sites is 1. The number of hydrogen-bond donors (Lipinski definition) is 0. The van der Waals surface area contributed by atoms with E-state index in [0.29, 0.717) is 0 Å². The maximum Gasteiger partial charge on any atom is 0.144 e. The van der Waals surface area contributed by atoms with Gasteiger partial charge in [-0.05, 0) is 32.0 Å². The van der Waals surface area contributed by atoms with Gasteiger partial charge in [0, 0.05) is 23.1 Å². The van der Waals surface area contributed by atoms with Crippen LogP contribution in [0.25, 0.3) is 17.1 Å². The zero-order valence-corrected chi connectivity index (χ0v) is 11.2. The molecule has 19 heavy (non-hydrogen) atoms. The molecule has 0 saturated heterocycles. The Labute approximate surface area is 113 Å². The Kier molecular flexibility index (Phi) is 2.92. The maximum atomic E-state index is 4.57. The van der Waals surface area contributed by atoms with E-state index in [9.17, 15) is 0 Å². The number of aryl methyl sites for hydroxylation is 2. The average Bonchev–Trinajstić information content (AvgIpc) is 2.82. The quantitative estimate of drug-likeness (QED) is 0.666. The van der Waals surface area contributed by atoms with Gasteiger partial charge in [-0.2, -0.15) is 0 Å². The highest BCUT2D eigenvalue weighted by molar-refractivity contribution is 5.60. The maximum absolute atomic E-state index is 4.57. The second-order valence-electron chi connectivity index (χ2n) is 4.76. The summed E-state index contributed by atoms with van der Waals surface area (Å²) < 4.78 is 2.19. The van der Waals surface area contributed by atoms with Crippen molar-refractivity contribution in [2.75, 3.05) is 0 Å². The lowest BCUT2D eigenvalue weighted by molar-refractivity contribution is 1.01. The highest BCUT2D eigenvalue weighted by Crippen LogP contribution is 2.24. The third-order valence-corrected chi connectivity index (χ3v) is 3.23. The van der Waals surface area contributed by atoms with Gasteiger partial charge in [-0.3, -0.25) is 4.57 Å². The number of aromatic nitrogens is 2. The van der Waals surface area contributed by atoms with Crippen molar-refractivity contribution < 1.29 is 0 Å². The Morgan fingerprint density at radius 3 is 2.42 bits per heavy atom. The minimum absolute atomic E-state index is 0.993. The van der Waals surface area contributed by atoms with Crippen molar-refractivity contribution in [3.63, 3.8) is 0 Å². The molecule has 0 radical (unpaired) electrons. The molecule has 0 aliphatic carbocycles. The van der Waals surface area contributed by atoms with Crippen molar-refractivity contribution in [2.45, 2.75) is 13.8 Å². The molecule has 2 aromatic carbocycles. The first kappa shape index (κ1) is 11.7. The molecule has 1 heterocycles. The predicted octanol–water partition coefficient (Wildman–Crippen LogP) is 4.16. The summed E-state index contributed by atoms with van der Waals surface area (Å²) in [5.41, 5.74) is 4.69. The third-order valence-electron chi connectivity index (χ3n) is 3.23. The van der Waals surface area contributed by atoms with Crippen LogP contribution in [0, 0.1) is 13.8 Å². The summed E-state index contributed by atoms with van der Waals surface area (Å²) in [6.07, 6.45) is 1.92. The summed E-state index contributed by atoms with van der Waals surface area (Å²) in [5.74, 6) is 0.993. The van der Waals surface area contributed by atoms with Crippen molar-refractivity contribution in [1.29, 1.82) is 0 Å². The fourth-order valence-corrected chi connectivity index (χ4v) is 2.33. The largest absolute Gasteiger partial charge is 0.297 e. The van der Waals surface area contributed by atoms with Crippen LogP contribution in [0.3, 0.4) is 0 Å². The topological polar surface area (TPSA) is 17.8 Å². The van der Waals surface area contributed by atoms with E-state index in [1.165, 1.54) is 5.56 Å². The van der Waals surface area contributed by atoms with Gasteiger partial charge in [0.15, 0.2) is 0 Å². The average molecular weight is 248 g/mol. The molecule has 0 saturated carbocycles. The van der Waals surface area contributed by atoms with Crippen molar-refractivity contribution in [3.05, 3.63) is 72.1 Å². The lowest BCUT2D eigenvalue weighted by atomic mass is 10.1. The Bertz CT molecular complexity index is 696. The Balaban J connectivity index is 2.19. The number of benzene rings is 2. The number of nitrogens with zero attached hydrogens (tertiary/aromatic N) is 2. The van der Waals surface area contributed by atoms with Crippen LogP contribution in [0.4, 0.5) is 0 Å². The van der Waals surface area contributed by atoms with E-state index < -0.39 is 0 Å². The number of rotatable bonds is 2. The van der Waals surface area contributed by atoms with E-state index in [-0.39, 0.29) is 0 Å². The van der Waals surface area contributed by atoms with Gasteiger partial charge in [0.1, 0.15) is 5.82 Å². The molecule has 0 amide bonds. The molecular formula is C17H16N2. The fraction of sp³-hybridized carbons (Fsp3) is 0.118. The van der Waals surface area contributed by atoms with Crippen LogP contribution in [0.2, 0.25) is 0 Å². The van der Waals surface area contributed by atoms with Crippen LogP contribution >= 0.6 is 0 Å². The van der Waals surface area contributed by atoms with Crippen molar-refractivity contribution >= 4 is 0 Å². The molecule has 0 aliphatic heterocycles. The summed E-state index contributed by atoms with van der Waals surface area (Å²) >= 11 is 0. The SMILES string of the molecule is Cc1cccc(-c2ncc(C)n2-c2ccccc2)c1. The molecule has 0 aliphatic rings. The van der Waals surface area contributed by atoms with Crippen LogP contribution in [0.5, 0.6) is 0 Å². The van der Waals surface area contributed by atoms with Gasteiger partial charge < -0.3 is 0 Å². The fourth-order valence-electron chi connectivity index (χ4n) is 2.33. The van der Waals surface area contributed by atoms with Crippen molar-refractivity contribution in [2.24, 2.45) is 0 Å². The smallest absolute Gasteiger partial charge is 0.144 e. The third kappa shape index (κ3) is 2.17. The summed E-state index contributed by atoms with van der Waals surface area (Å²) in [7, 11) is 0. The van der Waals surface area contributed by atoms with E-state index >= 15 is 0 Å². The van der Waals surface area contributed by atoms with Gasteiger partial charge in [0.25, 0.3) is 0 Å². The Morgan fingerprint density at radius 2 is 1.68 bits per heavy atom. The van der Waals surface area contributed by atoms with E-state index in [1.807, 2.05) is 12.3 Å². The highest BCUT2D eigenvalue weighted by Gasteiger charge is 2.10. The normalized spacial score (nSPS) is 10.6. The number of imidazole rings is 1.